The molecule has 18 heavy (non-hydrogen) atoms. The molecule has 0 bridgehead atoms. The van der Waals surface area contributed by atoms with E-state index < -0.39 is 30.4 Å². The first kappa shape index (κ1) is 14.8. The van der Waals surface area contributed by atoms with Crippen molar-refractivity contribution in [2.45, 2.75) is 24.8 Å². The van der Waals surface area contributed by atoms with Gasteiger partial charge in [0, 0.05) is 0 Å². The molecule has 7 heteroatoms. The van der Waals surface area contributed by atoms with Gasteiger partial charge in [0.15, 0.2) is 0 Å². The number of likely N-dealkylation sites (N-methyl/N-ethyl adjacent to an activating group) is 1. The molecule has 0 aromatic heterocycles. The van der Waals surface area contributed by atoms with Gasteiger partial charge in [-0.25, -0.2) is 0 Å². The van der Waals surface area contributed by atoms with E-state index in [1.807, 2.05) is 5.32 Å². The van der Waals surface area contributed by atoms with Crippen LogP contribution in [0.5, 0.6) is 0 Å². The van der Waals surface area contributed by atoms with Crippen molar-refractivity contribution in [3.05, 3.63) is 35.4 Å². The molecular formula is C11H11F6N. The molecule has 1 aromatic rings. The molecule has 0 heterocycles. The van der Waals surface area contributed by atoms with Crippen LogP contribution in [0.1, 0.15) is 11.1 Å². The maximum Gasteiger partial charge on any atom is 0.416 e. The Morgan fingerprint density at radius 1 is 1.06 bits per heavy atom. The highest BCUT2D eigenvalue weighted by Crippen LogP contribution is 2.33. The summed E-state index contributed by atoms with van der Waals surface area (Å²) in [4.78, 5) is 0. The van der Waals surface area contributed by atoms with Crippen LogP contribution < -0.4 is 5.32 Å². The average Bonchev–Trinajstić information content (AvgIpc) is 2.23. The second kappa shape index (κ2) is 5.17. The van der Waals surface area contributed by atoms with Gasteiger partial charge < -0.3 is 5.32 Å². The molecule has 1 atom stereocenters. The maximum atomic E-state index is 12.6. The number of nitrogens with one attached hydrogen (secondary N) is 1. The molecule has 0 aliphatic heterocycles. The van der Waals surface area contributed by atoms with Gasteiger partial charge in [-0.15, -0.1) is 0 Å². The van der Waals surface area contributed by atoms with Crippen LogP contribution in [0.15, 0.2) is 24.3 Å². The molecule has 1 aromatic carbocycles. The van der Waals surface area contributed by atoms with Gasteiger partial charge >= 0.3 is 12.4 Å². The third-order valence-corrected chi connectivity index (χ3v) is 2.49. The second-order valence-electron chi connectivity index (χ2n) is 3.74. The topological polar surface area (TPSA) is 12.0 Å². The standard InChI is InChI=1S/C11H11F6N/c1-18-9(11(15,16)17)6-7-4-2-3-5-8(7)10(12,13)14/h2-5,9,18H,6H2,1H3. The van der Waals surface area contributed by atoms with Crippen LogP contribution >= 0.6 is 0 Å². The van der Waals surface area contributed by atoms with E-state index in [1.165, 1.54) is 6.07 Å². The molecule has 0 spiro atoms. The predicted octanol–water partition coefficient (Wildman–Crippen LogP) is 3.40. The van der Waals surface area contributed by atoms with Crippen molar-refractivity contribution in [1.82, 2.24) is 5.32 Å². The maximum absolute atomic E-state index is 12.6. The zero-order valence-corrected chi connectivity index (χ0v) is 9.36. The fourth-order valence-corrected chi connectivity index (χ4v) is 1.58. The number of rotatable bonds is 3. The van der Waals surface area contributed by atoms with Crippen LogP contribution in [-0.2, 0) is 12.6 Å². The first-order chi connectivity index (χ1) is 8.16. The summed E-state index contributed by atoms with van der Waals surface area (Å²) >= 11 is 0. The highest BCUT2D eigenvalue weighted by atomic mass is 19.4. The zero-order valence-electron chi connectivity index (χ0n) is 9.36. The van der Waals surface area contributed by atoms with E-state index >= 15 is 0 Å². The van der Waals surface area contributed by atoms with Gasteiger partial charge in [-0.1, -0.05) is 18.2 Å². The van der Waals surface area contributed by atoms with Gasteiger partial charge in [0.2, 0.25) is 0 Å². The molecule has 102 valence electrons. The molecule has 0 fully saturated rings. The van der Waals surface area contributed by atoms with Crippen LogP contribution in [-0.4, -0.2) is 19.3 Å². The Hall–Kier alpha value is -1.24. The summed E-state index contributed by atoms with van der Waals surface area (Å²) < 4.78 is 75.3. The minimum Gasteiger partial charge on any atom is -0.309 e. The Morgan fingerprint density at radius 3 is 2.06 bits per heavy atom. The average molecular weight is 271 g/mol. The van der Waals surface area contributed by atoms with Crippen molar-refractivity contribution < 1.29 is 26.3 Å². The van der Waals surface area contributed by atoms with Crippen molar-refractivity contribution in [3.63, 3.8) is 0 Å². The van der Waals surface area contributed by atoms with Crippen LogP contribution in [0.2, 0.25) is 0 Å². The van der Waals surface area contributed by atoms with E-state index in [1.54, 1.807) is 0 Å². The van der Waals surface area contributed by atoms with Gasteiger partial charge in [-0.2, -0.15) is 26.3 Å². The van der Waals surface area contributed by atoms with Crippen molar-refractivity contribution in [3.8, 4) is 0 Å². The van der Waals surface area contributed by atoms with Crippen LogP contribution in [0, 0.1) is 0 Å². The smallest absolute Gasteiger partial charge is 0.309 e. The van der Waals surface area contributed by atoms with E-state index in [0.717, 1.165) is 25.2 Å². The lowest BCUT2D eigenvalue weighted by atomic mass is 9.99. The van der Waals surface area contributed by atoms with E-state index in [2.05, 4.69) is 0 Å². The number of hydrogen-bond acceptors (Lipinski definition) is 1. The van der Waals surface area contributed by atoms with E-state index in [-0.39, 0.29) is 5.56 Å². The predicted molar refractivity (Wildman–Crippen MR) is 54.1 cm³/mol. The van der Waals surface area contributed by atoms with Crippen LogP contribution in [0.3, 0.4) is 0 Å². The summed E-state index contributed by atoms with van der Waals surface area (Å²) in [6.07, 6.45) is -10.00. The first-order valence-corrected chi connectivity index (χ1v) is 5.05. The van der Waals surface area contributed by atoms with Crippen molar-refractivity contribution >= 4 is 0 Å². The minimum atomic E-state index is -4.65. The summed E-state index contributed by atoms with van der Waals surface area (Å²) in [5.74, 6) is 0. The quantitative estimate of drug-likeness (QED) is 0.831. The molecule has 0 amide bonds. The molecule has 1 N–H and O–H groups in total. The molecule has 0 aliphatic carbocycles. The normalized spacial score (nSPS) is 14.6. The van der Waals surface area contributed by atoms with Crippen LogP contribution in [0.4, 0.5) is 26.3 Å². The highest BCUT2D eigenvalue weighted by Gasteiger charge is 2.40. The summed E-state index contributed by atoms with van der Waals surface area (Å²) in [7, 11) is 1.06. The summed E-state index contributed by atoms with van der Waals surface area (Å²) in [5, 5.41) is 1.98. The lowest BCUT2D eigenvalue weighted by molar-refractivity contribution is -0.156. The van der Waals surface area contributed by atoms with Gasteiger partial charge in [-0.05, 0) is 25.1 Å². The lowest BCUT2D eigenvalue weighted by Crippen LogP contribution is -2.42. The largest absolute Gasteiger partial charge is 0.416 e. The molecular weight excluding hydrogens is 260 g/mol. The van der Waals surface area contributed by atoms with E-state index in [0.29, 0.717) is 0 Å². The summed E-state index contributed by atoms with van der Waals surface area (Å²) in [6.45, 7) is 0. The number of halogens is 6. The number of hydrogen-bond donors (Lipinski definition) is 1. The van der Waals surface area contributed by atoms with Gasteiger partial charge in [0.25, 0.3) is 0 Å². The fourth-order valence-electron chi connectivity index (χ4n) is 1.58. The summed E-state index contributed by atoms with van der Waals surface area (Å²) in [5.41, 5.74) is -1.41. The molecule has 0 saturated heterocycles. The van der Waals surface area contributed by atoms with Gasteiger partial charge in [0.05, 0.1) is 5.56 Å². The third kappa shape index (κ3) is 3.63. The van der Waals surface area contributed by atoms with Gasteiger partial charge in [0.1, 0.15) is 6.04 Å². The van der Waals surface area contributed by atoms with Gasteiger partial charge in [-0.3, -0.25) is 0 Å². The van der Waals surface area contributed by atoms with Crippen molar-refractivity contribution in [2.75, 3.05) is 7.05 Å². The molecule has 1 unspecified atom stereocenters. The SMILES string of the molecule is CNC(Cc1ccccc1C(F)(F)F)C(F)(F)F. The Bertz CT molecular complexity index is 395. The monoisotopic (exact) mass is 271 g/mol. The van der Waals surface area contributed by atoms with Crippen molar-refractivity contribution in [1.29, 1.82) is 0 Å². The Labute approximate surface area is 99.8 Å². The number of alkyl halides is 6. The zero-order chi connectivity index (χ0) is 14.0. The molecule has 0 radical (unpaired) electrons. The van der Waals surface area contributed by atoms with E-state index in [9.17, 15) is 26.3 Å². The molecule has 0 aliphatic rings. The lowest BCUT2D eigenvalue weighted by Gasteiger charge is -2.21. The second-order valence-corrected chi connectivity index (χ2v) is 3.74. The Kier molecular flexibility index (Phi) is 4.26. The molecule has 1 rings (SSSR count). The molecule has 1 nitrogen and oxygen atoms in total. The van der Waals surface area contributed by atoms with E-state index in [4.69, 9.17) is 0 Å². The molecule has 0 saturated carbocycles. The van der Waals surface area contributed by atoms with Crippen molar-refractivity contribution in [2.24, 2.45) is 0 Å². The van der Waals surface area contributed by atoms with Crippen LogP contribution in [0.25, 0.3) is 0 Å². The Morgan fingerprint density at radius 2 is 1.61 bits per heavy atom. The number of benzene rings is 1. The third-order valence-electron chi connectivity index (χ3n) is 2.49. The Balaban J connectivity index is 3.04. The fraction of sp³-hybridized carbons (Fsp3) is 0.455. The summed E-state index contributed by atoms with van der Waals surface area (Å²) in [6, 6.07) is 2.26. The highest BCUT2D eigenvalue weighted by molar-refractivity contribution is 5.30. The first-order valence-electron chi connectivity index (χ1n) is 5.05. The minimum absolute atomic E-state index is 0.373.